The van der Waals surface area contributed by atoms with Crippen molar-refractivity contribution in [1.82, 2.24) is 28.8 Å². The van der Waals surface area contributed by atoms with Crippen molar-refractivity contribution in [1.29, 1.82) is 0 Å². The summed E-state index contributed by atoms with van der Waals surface area (Å²) in [4.78, 5) is 49.9. The van der Waals surface area contributed by atoms with E-state index in [9.17, 15) is 14.4 Å². The van der Waals surface area contributed by atoms with E-state index in [4.69, 9.17) is 4.52 Å². The minimum absolute atomic E-state index is 0.0505. The number of fused-ring (bicyclic) bond motifs is 2. The van der Waals surface area contributed by atoms with E-state index in [0.29, 0.717) is 17.3 Å². The molecule has 35 heavy (non-hydrogen) atoms. The molecule has 1 saturated heterocycles. The molecular weight excluding hydrogens is 452 g/mol. The van der Waals surface area contributed by atoms with Crippen LogP contribution in [0.4, 0.5) is 11.6 Å². The highest BCUT2D eigenvalue weighted by atomic mass is 16.5. The maximum atomic E-state index is 13.2. The monoisotopic (exact) mass is 476 g/mol. The normalized spacial score (nSPS) is 18.7. The largest absolute Gasteiger partial charge is 0.361 e. The first-order chi connectivity index (χ1) is 16.9. The summed E-state index contributed by atoms with van der Waals surface area (Å²) in [5, 5.41) is 6.68. The minimum Gasteiger partial charge on any atom is -0.361 e. The summed E-state index contributed by atoms with van der Waals surface area (Å²) in [6, 6.07) is 7.21. The Bertz CT molecular complexity index is 1570. The van der Waals surface area contributed by atoms with Crippen LogP contribution < -0.4 is 21.5 Å². The van der Waals surface area contributed by atoms with Gasteiger partial charge in [-0.15, -0.1) is 0 Å². The number of anilines is 2. The maximum Gasteiger partial charge on any atom is 0.332 e. The molecule has 12 heteroatoms. The predicted molar refractivity (Wildman–Crippen MR) is 126 cm³/mol. The van der Waals surface area contributed by atoms with Crippen LogP contribution in [0, 0.1) is 18.8 Å². The number of nitrogens with one attached hydrogen (secondary N) is 1. The molecule has 4 aromatic heterocycles. The Labute approximate surface area is 198 Å². The van der Waals surface area contributed by atoms with E-state index in [2.05, 4.69) is 25.3 Å². The molecule has 2 aliphatic rings. The number of pyridine rings is 1. The highest BCUT2D eigenvalue weighted by Crippen LogP contribution is 2.45. The van der Waals surface area contributed by atoms with Gasteiger partial charge < -0.3 is 19.3 Å². The number of piperidine rings is 1. The number of aryl methyl sites for hydroxylation is 2. The summed E-state index contributed by atoms with van der Waals surface area (Å²) in [6.07, 6.45) is 2.69. The van der Waals surface area contributed by atoms with Gasteiger partial charge in [-0.25, -0.2) is 14.8 Å². The van der Waals surface area contributed by atoms with Crippen LogP contribution in [0.3, 0.4) is 0 Å². The molecule has 0 bridgehead atoms. The van der Waals surface area contributed by atoms with Gasteiger partial charge in [-0.2, -0.15) is 0 Å². The fourth-order valence-corrected chi connectivity index (χ4v) is 4.83. The zero-order valence-corrected chi connectivity index (χ0v) is 19.3. The number of nitrogens with zero attached hydrogens (tertiary/aromatic N) is 7. The van der Waals surface area contributed by atoms with Crippen LogP contribution in [0.1, 0.15) is 17.9 Å². The zero-order chi connectivity index (χ0) is 24.3. The van der Waals surface area contributed by atoms with Crippen molar-refractivity contribution in [2.45, 2.75) is 26.4 Å². The Kier molecular flexibility index (Phi) is 4.83. The number of rotatable bonds is 6. The van der Waals surface area contributed by atoms with Crippen molar-refractivity contribution in [3.05, 3.63) is 62.9 Å². The van der Waals surface area contributed by atoms with Gasteiger partial charge in [-0.1, -0.05) is 11.2 Å². The van der Waals surface area contributed by atoms with Crippen molar-refractivity contribution < 1.29 is 9.32 Å². The van der Waals surface area contributed by atoms with Crippen molar-refractivity contribution in [2.75, 3.05) is 23.3 Å². The summed E-state index contributed by atoms with van der Waals surface area (Å²) in [7, 11) is 1.53. The van der Waals surface area contributed by atoms with Gasteiger partial charge in [0.25, 0.3) is 5.56 Å². The fraction of sp³-hybridized carbons (Fsp3) is 0.391. The summed E-state index contributed by atoms with van der Waals surface area (Å²) < 4.78 is 8.82. The lowest BCUT2D eigenvalue weighted by Crippen LogP contribution is -2.40. The Morgan fingerprint density at radius 1 is 1.23 bits per heavy atom. The average molecular weight is 476 g/mol. The van der Waals surface area contributed by atoms with E-state index < -0.39 is 11.2 Å². The summed E-state index contributed by atoms with van der Waals surface area (Å²) >= 11 is 0. The third kappa shape index (κ3) is 3.80. The molecule has 2 atom stereocenters. The number of hydrogen-bond acceptors (Lipinski definition) is 8. The van der Waals surface area contributed by atoms with Crippen LogP contribution >= 0.6 is 0 Å². The Morgan fingerprint density at radius 3 is 2.77 bits per heavy atom. The zero-order valence-electron chi connectivity index (χ0n) is 19.3. The molecule has 4 aromatic rings. The lowest BCUT2D eigenvalue weighted by atomic mass is 10.3. The Hall–Kier alpha value is -4.22. The van der Waals surface area contributed by atoms with E-state index in [-0.39, 0.29) is 30.2 Å². The van der Waals surface area contributed by atoms with Gasteiger partial charge in [0.05, 0.1) is 12.9 Å². The molecule has 1 aliphatic heterocycles. The molecule has 1 aliphatic carbocycles. The quantitative estimate of drug-likeness (QED) is 0.431. The second kappa shape index (κ2) is 7.93. The van der Waals surface area contributed by atoms with Crippen LogP contribution in [0.5, 0.6) is 0 Å². The molecule has 5 heterocycles. The fourth-order valence-electron chi connectivity index (χ4n) is 4.83. The maximum absolute atomic E-state index is 13.2. The molecule has 6 rings (SSSR count). The van der Waals surface area contributed by atoms with E-state index in [1.165, 1.54) is 28.9 Å². The van der Waals surface area contributed by atoms with Crippen LogP contribution in [0.25, 0.3) is 11.2 Å². The number of amides is 1. The summed E-state index contributed by atoms with van der Waals surface area (Å²) in [5.74, 6) is 3.07. The highest BCUT2D eigenvalue weighted by molar-refractivity contribution is 5.90. The van der Waals surface area contributed by atoms with E-state index in [0.717, 1.165) is 35.3 Å². The molecule has 1 saturated carbocycles. The van der Waals surface area contributed by atoms with Gasteiger partial charge >= 0.3 is 5.69 Å². The molecule has 2 unspecified atom stereocenters. The van der Waals surface area contributed by atoms with Gasteiger partial charge in [0.1, 0.15) is 29.6 Å². The van der Waals surface area contributed by atoms with Gasteiger partial charge in [0.15, 0.2) is 11.2 Å². The van der Waals surface area contributed by atoms with Crippen LogP contribution in [-0.4, -0.2) is 47.8 Å². The Balaban J connectivity index is 1.25. The van der Waals surface area contributed by atoms with Crippen molar-refractivity contribution in [2.24, 2.45) is 18.9 Å². The van der Waals surface area contributed by atoms with Gasteiger partial charge in [-0.3, -0.25) is 18.7 Å². The molecule has 1 amide bonds. The molecule has 0 radical (unpaired) electrons. The third-order valence-corrected chi connectivity index (χ3v) is 6.72. The van der Waals surface area contributed by atoms with Crippen molar-refractivity contribution in [3.63, 3.8) is 0 Å². The minimum atomic E-state index is -0.554. The lowest BCUT2D eigenvalue weighted by molar-refractivity contribution is -0.116. The number of carbonyl (C=O) groups is 1. The SMILES string of the molecule is Cc1cc(Cn2c(=O)c3c(ncn3CC(=O)Nc3cccc(N4CC5CC5C4)n3)n(C)c2=O)no1. The highest BCUT2D eigenvalue weighted by Gasteiger charge is 2.45. The molecule has 12 nitrogen and oxygen atoms in total. The second-order valence-corrected chi connectivity index (χ2v) is 9.30. The summed E-state index contributed by atoms with van der Waals surface area (Å²) in [5.41, 5.74) is -0.278. The molecule has 0 spiro atoms. The van der Waals surface area contributed by atoms with E-state index in [1.54, 1.807) is 19.1 Å². The third-order valence-electron chi connectivity index (χ3n) is 6.72. The lowest BCUT2D eigenvalue weighted by Gasteiger charge is -2.19. The topological polar surface area (TPSA) is 133 Å². The molecule has 180 valence electrons. The average Bonchev–Trinajstić information content (AvgIpc) is 3.17. The van der Waals surface area contributed by atoms with Gasteiger partial charge in [0.2, 0.25) is 5.91 Å². The number of hydrogen-bond donors (Lipinski definition) is 1. The smallest absolute Gasteiger partial charge is 0.332 e. The first kappa shape index (κ1) is 21.3. The Morgan fingerprint density at radius 2 is 2.03 bits per heavy atom. The molecule has 2 fully saturated rings. The van der Waals surface area contributed by atoms with Crippen LogP contribution in [-0.2, 0) is 24.9 Å². The predicted octanol–water partition coefficient (Wildman–Crippen LogP) is 0.731. The van der Waals surface area contributed by atoms with Crippen molar-refractivity contribution >= 4 is 28.7 Å². The number of aromatic nitrogens is 6. The molecular formula is C23H24N8O4. The van der Waals surface area contributed by atoms with Crippen LogP contribution in [0.2, 0.25) is 0 Å². The first-order valence-corrected chi connectivity index (χ1v) is 11.5. The van der Waals surface area contributed by atoms with E-state index >= 15 is 0 Å². The van der Waals surface area contributed by atoms with E-state index in [1.807, 2.05) is 12.1 Å². The number of carbonyl (C=O) groups excluding carboxylic acids is 1. The second-order valence-electron chi connectivity index (χ2n) is 9.30. The van der Waals surface area contributed by atoms with Gasteiger partial charge in [0, 0.05) is 26.2 Å². The standard InChI is InChI=1S/C23H24N8O4/c1-13-6-16(27-35-13)10-31-22(33)20-21(28(2)23(31)34)24-12-30(20)11-19(32)26-17-4-3-5-18(25-17)29-8-14-7-15(14)9-29/h3-6,12,14-15H,7-11H2,1-2H3,(H,25,26,32). The molecule has 0 aromatic carbocycles. The van der Waals surface area contributed by atoms with Crippen molar-refractivity contribution in [3.8, 4) is 0 Å². The van der Waals surface area contributed by atoms with Crippen LogP contribution in [0.15, 0.2) is 44.7 Å². The van der Waals surface area contributed by atoms with Gasteiger partial charge in [-0.05, 0) is 37.3 Å². The number of imidazole rings is 1. The first-order valence-electron chi connectivity index (χ1n) is 11.5. The molecule has 1 N–H and O–H groups in total. The summed E-state index contributed by atoms with van der Waals surface area (Å²) in [6.45, 7) is 3.54.